The van der Waals surface area contributed by atoms with Crippen LogP contribution in [0.1, 0.15) is 6.92 Å². The fourth-order valence-electron chi connectivity index (χ4n) is 3.34. The molecule has 3 aliphatic heterocycles. The Morgan fingerprint density at radius 2 is 2.05 bits per heavy atom. The summed E-state index contributed by atoms with van der Waals surface area (Å²) in [5.74, 6) is 1.41. The minimum atomic E-state index is -0.423. The monoisotopic (exact) mass is 291 g/mol. The predicted octanol–water partition coefficient (Wildman–Crippen LogP) is 0.797. The molecule has 0 bridgehead atoms. The van der Waals surface area contributed by atoms with Crippen LogP contribution < -0.4 is 9.47 Å². The molecule has 1 amide bonds. The first-order valence-corrected chi connectivity index (χ1v) is 7.06. The number of hydrogen-bond donors (Lipinski definition) is 0. The number of carbonyl (C=O) groups is 1. The molecule has 6 heteroatoms. The Bertz CT molecular complexity index is 577. The van der Waals surface area contributed by atoms with Crippen molar-refractivity contribution in [2.75, 3.05) is 13.7 Å². The Balaban J connectivity index is 1.65. The molecule has 6 nitrogen and oxygen atoms in total. The van der Waals surface area contributed by atoms with Gasteiger partial charge in [-0.05, 0) is 12.1 Å². The van der Waals surface area contributed by atoms with E-state index in [1.165, 1.54) is 0 Å². The van der Waals surface area contributed by atoms with Gasteiger partial charge in [-0.15, -0.1) is 0 Å². The molecule has 3 aliphatic rings. The van der Waals surface area contributed by atoms with Gasteiger partial charge in [0.05, 0.1) is 6.04 Å². The first-order valence-electron chi connectivity index (χ1n) is 7.06. The maximum absolute atomic E-state index is 11.8. The molecule has 112 valence electrons. The van der Waals surface area contributed by atoms with Gasteiger partial charge in [-0.25, -0.2) is 0 Å². The summed E-state index contributed by atoms with van der Waals surface area (Å²) in [7, 11) is 1.59. The van der Waals surface area contributed by atoms with Gasteiger partial charge in [-0.2, -0.15) is 0 Å². The first kappa shape index (κ1) is 12.9. The number of fused-ring (bicyclic) bond motifs is 4. The second kappa shape index (κ2) is 4.61. The molecule has 1 aromatic carbocycles. The number of methoxy groups -OCH3 is 1. The molecule has 0 aliphatic carbocycles. The molecule has 0 radical (unpaired) electrons. The summed E-state index contributed by atoms with van der Waals surface area (Å²) in [5.41, 5.74) is 0. The molecular weight excluding hydrogens is 274 g/mol. The van der Waals surface area contributed by atoms with Crippen molar-refractivity contribution < 1.29 is 23.7 Å². The highest BCUT2D eigenvalue weighted by Gasteiger charge is 2.65. The number of ether oxygens (including phenoxy) is 4. The number of rotatable bonds is 1. The van der Waals surface area contributed by atoms with E-state index in [1.807, 2.05) is 24.3 Å². The lowest BCUT2D eigenvalue weighted by molar-refractivity contribution is -0.197. The van der Waals surface area contributed by atoms with Gasteiger partial charge >= 0.3 is 0 Å². The third kappa shape index (κ3) is 1.90. The molecule has 0 spiro atoms. The van der Waals surface area contributed by atoms with E-state index in [0.717, 1.165) is 0 Å². The molecule has 5 unspecified atom stereocenters. The summed E-state index contributed by atoms with van der Waals surface area (Å²) in [6.45, 7) is 1.94. The van der Waals surface area contributed by atoms with Gasteiger partial charge in [-0.1, -0.05) is 12.1 Å². The van der Waals surface area contributed by atoms with Crippen LogP contribution in [0.3, 0.4) is 0 Å². The molecule has 0 aromatic heterocycles. The summed E-state index contributed by atoms with van der Waals surface area (Å²) in [6.07, 6.45) is -0.907. The molecule has 3 heterocycles. The maximum Gasteiger partial charge on any atom is 0.220 e. The van der Waals surface area contributed by atoms with Crippen LogP contribution in [0.25, 0.3) is 0 Å². The van der Waals surface area contributed by atoms with Crippen LogP contribution in [0.4, 0.5) is 0 Å². The van der Waals surface area contributed by atoms with E-state index in [9.17, 15) is 4.79 Å². The summed E-state index contributed by atoms with van der Waals surface area (Å²) >= 11 is 0. The van der Waals surface area contributed by atoms with Crippen molar-refractivity contribution in [3.63, 3.8) is 0 Å². The molecule has 21 heavy (non-hydrogen) atoms. The van der Waals surface area contributed by atoms with Gasteiger partial charge in [-0.3, -0.25) is 4.79 Å². The Labute approximate surface area is 122 Å². The Kier molecular flexibility index (Phi) is 2.83. The minimum absolute atomic E-state index is 0.0124. The zero-order valence-corrected chi connectivity index (χ0v) is 11.9. The molecule has 4 rings (SSSR count). The number of benzene rings is 1. The average molecular weight is 291 g/mol. The van der Waals surface area contributed by atoms with E-state index >= 15 is 0 Å². The third-order valence-corrected chi connectivity index (χ3v) is 4.30. The van der Waals surface area contributed by atoms with E-state index in [2.05, 4.69) is 0 Å². The number of carbonyl (C=O) groups excluding carboxylic acids is 1. The second-order valence-electron chi connectivity index (χ2n) is 5.53. The van der Waals surface area contributed by atoms with Crippen molar-refractivity contribution in [2.45, 2.75) is 37.5 Å². The summed E-state index contributed by atoms with van der Waals surface area (Å²) in [4.78, 5) is 13.5. The van der Waals surface area contributed by atoms with Crippen molar-refractivity contribution in [1.82, 2.24) is 4.90 Å². The van der Waals surface area contributed by atoms with Crippen LogP contribution in [-0.4, -0.2) is 55.1 Å². The summed E-state index contributed by atoms with van der Waals surface area (Å²) in [5, 5.41) is 0. The summed E-state index contributed by atoms with van der Waals surface area (Å²) < 4.78 is 23.1. The molecular formula is C15H17NO5. The fraction of sp³-hybridized carbons (Fsp3) is 0.533. The zero-order valence-electron chi connectivity index (χ0n) is 11.9. The van der Waals surface area contributed by atoms with Gasteiger partial charge in [0, 0.05) is 14.0 Å². The SMILES string of the molecule is COC1OC2COc3ccccc3OC2C2C1N2C(C)=O. The van der Waals surface area contributed by atoms with E-state index in [1.54, 1.807) is 18.9 Å². The maximum atomic E-state index is 11.8. The van der Waals surface area contributed by atoms with Gasteiger partial charge in [0.15, 0.2) is 23.9 Å². The first-order chi connectivity index (χ1) is 10.2. The molecule has 5 atom stereocenters. The van der Waals surface area contributed by atoms with Crippen molar-refractivity contribution in [2.24, 2.45) is 0 Å². The Morgan fingerprint density at radius 1 is 1.29 bits per heavy atom. The molecule has 1 aromatic rings. The van der Waals surface area contributed by atoms with Crippen molar-refractivity contribution in [3.8, 4) is 11.5 Å². The topological polar surface area (TPSA) is 57.0 Å². The minimum Gasteiger partial charge on any atom is -0.487 e. The van der Waals surface area contributed by atoms with Crippen molar-refractivity contribution >= 4 is 5.91 Å². The lowest BCUT2D eigenvalue weighted by Crippen LogP contribution is -2.50. The van der Waals surface area contributed by atoms with Crippen molar-refractivity contribution in [3.05, 3.63) is 24.3 Å². The number of para-hydroxylation sites is 2. The molecule has 2 saturated heterocycles. The van der Waals surface area contributed by atoms with E-state index in [-0.39, 0.29) is 30.2 Å². The van der Waals surface area contributed by atoms with Crippen LogP contribution in [0.2, 0.25) is 0 Å². The highest BCUT2D eigenvalue weighted by Crippen LogP contribution is 2.45. The normalized spacial score (nSPS) is 36.3. The predicted molar refractivity (Wildman–Crippen MR) is 72.1 cm³/mol. The van der Waals surface area contributed by atoms with Crippen LogP contribution in [-0.2, 0) is 14.3 Å². The number of hydrogen-bond acceptors (Lipinski definition) is 5. The fourth-order valence-corrected chi connectivity index (χ4v) is 3.34. The Morgan fingerprint density at radius 3 is 2.76 bits per heavy atom. The van der Waals surface area contributed by atoms with Crippen LogP contribution in [0, 0.1) is 0 Å². The summed E-state index contributed by atoms with van der Waals surface area (Å²) in [6, 6.07) is 7.46. The van der Waals surface area contributed by atoms with E-state index in [4.69, 9.17) is 18.9 Å². The molecule has 0 N–H and O–H groups in total. The quantitative estimate of drug-likeness (QED) is 0.716. The highest BCUT2D eigenvalue weighted by atomic mass is 16.7. The molecule has 0 saturated carbocycles. The lowest BCUT2D eigenvalue weighted by atomic mass is 10.1. The van der Waals surface area contributed by atoms with Gasteiger partial charge in [0.1, 0.15) is 18.8 Å². The standard InChI is InChI=1S/C15H17NO5/c1-8(17)16-12-13(16)15(18-2)21-11-7-19-9-5-3-4-6-10(9)20-14(11)12/h3-6,11-15H,7H2,1-2H3. The third-order valence-electron chi connectivity index (χ3n) is 4.30. The zero-order chi connectivity index (χ0) is 14.6. The van der Waals surface area contributed by atoms with Crippen LogP contribution >= 0.6 is 0 Å². The smallest absolute Gasteiger partial charge is 0.220 e. The second-order valence-corrected chi connectivity index (χ2v) is 5.53. The Hall–Kier alpha value is -1.79. The van der Waals surface area contributed by atoms with Gasteiger partial charge < -0.3 is 23.8 Å². The average Bonchev–Trinajstić information content (AvgIpc) is 3.24. The highest BCUT2D eigenvalue weighted by molar-refractivity contribution is 5.77. The number of nitrogens with zero attached hydrogens (tertiary/aromatic N) is 1. The van der Waals surface area contributed by atoms with Crippen molar-refractivity contribution in [1.29, 1.82) is 0 Å². The largest absolute Gasteiger partial charge is 0.487 e. The number of amides is 1. The van der Waals surface area contributed by atoms with E-state index in [0.29, 0.717) is 18.1 Å². The van der Waals surface area contributed by atoms with Crippen LogP contribution in [0.15, 0.2) is 24.3 Å². The van der Waals surface area contributed by atoms with E-state index < -0.39 is 6.29 Å². The van der Waals surface area contributed by atoms with Crippen LogP contribution in [0.5, 0.6) is 11.5 Å². The molecule has 2 fully saturated rings. The lowest BCUT2D eigenvalue weighted by Gasteiger charge is -2.31. The van der Waals surface area contributed by atoms with Gasteiger partial charge in [0.25, 0.3) is 0 Å². The van der Waals surface area contributed by atoms with Gasteiger partial charge in [0.2, 0.25) is 5.91 Å².